The molecule has 0 aliphatic carbocycles. The Hall–Kier alpha value is -1.39. The zero-order valence-corrected chi connectivity index (χ0v) is 8.51. The van der Waals surface area contributed by atoms with Crippen LogP contribution in [-0.4, -0.2) is 28.9 Å². The molecular formula is C11H13NO3. The molecule has 4 nitrogen and oxygen atoms in total. The maximum Gasteiger partial charge on any atom is 0.277 e. The van der Waals surface area contributed by atoms with Crippen molar-refractivity contribution in [2.45, 2.75) is 19.6 Å². The van der Waals surface area contributed by atoms with Gasteiger partial charge in [0.15, 0.2) is 6.29 Å². The zero-order chi connectivity index (χ0) is 10.8. The number of carbonyl (C=O) groups is 1. The highest BCUT2D eigenvalue weighted by atomic mass is 16.8. The van der Waals surface area contributed by atoms with Crippen LogP contribution in [0.4, 0.5) is 0 Å². The quantitative estimate of drug-likeness (QED) is 0.750. The van der Waals surface area contributed by atoms with Gasteiger partial charge in [-0.1, -0.05) is 17.7 Å². The van der Waals surface area contributed by atoms with Crippen LogP contribution in [0.15, 0.2) is 24.3 Å². The van der Waals surface area contributed by atoms with E-state index in [9.17, 15) is 4.79 Å². The van der Waals surface area contributed by atoms with Gasteiger partial charge in [-0.3, -0.25) is 4.79 Å². The third kappa shape index (κ3) is 2.16. The lowest BCUT2D eigenvalue weighted by Gasteiger charge is -2.14. The third-order valence-corrected chi connectivity index (χ3v) is 2.35. The number of nitrogens with zero attached hydrogens (tertiary/aromatic N) is 1. The van der Waals surface area contributed by atoms with Crippen LogP contribution in [0.3, 0.4) is 0 Å². The van der Waals surface area contributed by atoms with Crippen molar-refractivity contribution in [1.82, 2.24) is 5.06 Å². The first kappa shape index (κ1) is 10.1. The van der Waals surface area contributed by atoms with Gasteiger partial charge in [-0.15, -0.1) is 0 Å². The van der Waals surface area contributed by atoms with E-state index >= 15 is 0 Å². The van der Waals surface area contributed by atoms with Gasteiger partial charge in [-0.05, 0) is 19.1 Å². The predicted octanol–water partition coefficient (Wildman–Crippen LogP) is 1.09. The van der Waals surface area contributed by atoms with Gasteiger partial charge >= 0.3 is 0 Å². The molecule has 4 heteroatoms. The molecule has 80 valence electrons. The molecule has 0 saturated carbocycles. The molecule has 1 atom stereocenters. The van der Waals surface area contributed by atoms with E-state index < -0.39 is 6.29 Å². The summed E-state index contributed by atoms with van der Waals surface area (Å²) in [5.41, 5.74) is 1.68. The first-order chi connectivity index (χ1) is 7.16. The maximum atomic E-state index is 11.8. The highest BCUT2D eigenvalue weighted by Gasteiger charge is 2.26. The molecule has 1 unspecified atom stereocenters. The standard InChI is InChI=1S/C11H13NO3/c1-8-2-4-9(5-3-8)11(14)12-7-6-10(13)15-12/h2-5,10,13H,6-7H2,1H3. The Balaban J connectivity index is 2.11. The van der Waals surface area contributed by atoms with E-state index in [1.54, 1.807) is 12.1 Å². The van der Waals surface area contributed by atoms with Gasteiger partial charge in [-0.25, -0.2) is 9.90 Å². The number of hydrogen-bond acceptors (Lipinski definition) is 3. The fourth-order valence-electron chi connectivity index (χ4n) is 1.47. The molecular weight excluding hydrogens is 194 g/mol. The fraction of sp³-hybridized carbons (Fsp3) is 0.364. The van der Waals surface area contributed by atoms with Gasteiger partial charge in [0.1, 0.15) is 0 Å². The normalized spacial score (nSPS) is 20.7. The predicted molar refractivity (Wildman–Crippen MR) is 53.9 cm³/mol. The monoisotopic (exact) mass is 207 g/mol. The number of hydroxylamine groups is 2. The summed E-state index contributed by atoms with van der Waals surface area (Å²) in [6.07, 6.45) is -0.378. The smallest absolute Gasteiger partial charge is 0.277 e. The van der Waals surface area contributed by atoms with Gasteiger partial charge in [0.2, 0.25) is 0 Å². The van der Waals surface area contributed by atoms with Crippen molar-refractivity contribution in [2.75, 3.05) is 6.54 Å². The number of aryl methyl sites for hydroxylation is 1. The van der Waals surface area contributed by atoms with Gasteiger partial charge in [0, 0.05) is 12.0 Å². The van der Waals surface area contributed by atoms with Crippen molar-refractivity contribution >= 4 is 5.91 Å². The molecule has 1 saturated heterocycles. The molecule has 1 heterocycles. The Kier molecular flexibility index (Phi) is 2.70. The molecule has 1 amide bonds. The van der Waals surface area contributed by atoms with Crippen molar-refractivity contribution < 1.29 is 14.7 Å². The van der Waals surface area contributed by atoms with Crippen molar-refractivity contribution in [3.05, 3.63) is 35.4 Å². The van der Waals surface area contributed by atoms with Crippen molar-refractivity contribution in [3.63, 3.8) is 0 Å². The molecule has 0 aromatic heterocycles. The number of amides is 1. The average molecular weight is 207 g/mol. The average Bonchev–Trinajstić information content (AvgIpc) is 2.65. The Labute approximate surface area is 88.0 Å². The first-order valence-corrected chi connectivity index (χ1v) is 4.90. The van der Waals surface area contributed by atoms with E-state index in [0.29, 0.717) is 18.5 Å². The lowest BCUT2D eigenvalue weighted by atomic mass is 10.1. The second-order valence-electron chi connectivity index (χ2n) is 3.62. The number of rotatable bonds is 1. The van der Waals surface area contributed by atoms with Gasteiger partial charge in [0.25, 0.3) is 5.91 Å². The summed E-state index contributed by atoms with van der Waals surface area (Å²) in [4.78, 5) is 16.7. The van der Waals surface area contributed by atoms with Gasteiger partial charge in [-0.2, -0.15) is 0 Å². The highest BCUT2D eigenvalue weighted by Crippen LogP contribution is 2.15. The molecule has 0 bridgehead atoms. The fourth-order valence-corrected chi connectivity index (χ4v) is 1.47. The van der Waals surface area contributed by atoms with Crippen LogP contribution in [0.1, 0.15) is 22.3 Å². The largest absolute Gasteiger partial charge is 0.366 e. The molecule has 0 radical (unpaired) electrons. The van der Waals surface area contributed by atoms with E-state index in [1.165, 1.54) is 5.06 Å². The molecule has 2 rings (SSSR count). The van der Waals surface area contributed by atoms with Gasteiger partial charge < -0.3 is 5.11 Å². The molecule has 1 N–H and O–H groups in total. The Bertz CT molecular complexity index is 361. The highest BCUT2D eigenvalue weighted by molar-refractivity contribution is 5.93. The second-order valence-corrected chi connectivity index (χ2v) is 3.62. The summed E-state index contributed by atoms with van der Waals surface area (Å²) < 4.78 is 0. The minimum Gasteiger partial charge on any atom is -0.366 e. The first-order valence-electron chi connectivity index (χ1n) is 4.90. The van der Waals surface area contributed by atoms with Crippen LogP contribution in [0.5, 0.6) is 0 Å². The minimum atomic E-state index is -0.848. The maximum absolute atomic E-state index is 11.8. The van der Waals surface area contributed by atoms with E-state index in [-0.39, 0.29) is 5.91 Å². The number of hydrogen-bond donors (Lipinski definition) is 1. The summed E-state index contributed by atoms with van der Waals surface area (Å²) >= 11 is 0. The number of benzene rings is 1. The number of aliphatic hydroxyl groups is 1. The lowest BCUT2D eigenvalue weighted by Crippen LogP contribution is -2.27. The van der Waals surface area contributed by atoms with Crippen molar-refractivity contribution in [3.8, 4) is 0 Å². The van der Waals surface area contributed by atoms with Crippen LogP contribution in [0.2, 0.25) is 0 Å². The zero-order valence-electron chi connectivity index (χ0n) is 8.51. The van der Waals surface area contributed by atoms with E-state index in [4.69, 9.17) is 9.94 Å². The topological polar surface area (TPSA) is 49.8 Å². The summed E-state index contributed by atoms with van der Waals surface area (Å²) in [5, 5.41) is 10.3. The Morgan fingerprint density at radius 1 is 1.47 bits per heavy atom. The molecule has 1 aromatic rings. The van der Waals surface area contributed by atoms with Crippen LogP contribution >= 0.6 is 0 Å². The van der Waals surface area contributed by atoms with Crippen molar-refractivity contribution in [2.24, 2.45) is 0 Å². The Morgan fingerprint density at radius 2 is 2.13 bits per heavy atom. The third-order valence-electron chi connectivity index (χ3n) is 2.35. The van der Waals surface area contributed by atoms with Crippen LogP contribution in [0, 0.1) is 6.92 Å². The summed E-state index contributed by atoms with van der Waals surface area (Å²) in [7, 11) is 0. The van der Waals surface area contributed by atoms with Gasteiger partial charge in [0.05, 0.1) is 6.54 Å². The molecule has 0 spiro atoms. The molecule has 1 aliphatic rings. The van der Waals surface area contributed by atoms with E-state index in [2.05, 4.69) is 0 Å². The lowest BCUT2D eigenvalue weighted by molar-refractivity contribution is -0.185. The second kappa shape index (κ2) is 4.00. The van der Waals surface area contributed by atoms with Crippen LogP contribution < -0.4 is 0 Å². The molecule has 1 aliphatic heterocycles. The summed E-state index contributed by atoms with van der Waals surface area (Å²) in [5.74, 6) is -0.202. The van der Waals surface area contributed by atoms with Crippen molar-refractivity contribution in [1.29, 1.82) is 0 Å². The molecule has 1 fully saturated rings. The molecule has 15 heavy (non-hydrogen) atoms. The number of carbonyl (C=O) groups excluding carboxylic acids is 1. The summed E-state index contributed by atoms with van der Waals surface area (Å²) in [6.45, 7) is 2.40. The van der Waals surface area contributed by atoms with Crippen LogP contribution in [0.25, 0.3) is 0 Å². The van der Waals surface area contributed by atoms with E-state index in [0.717, 1.165) is 5.56 Å². The minimum absolute atomic E-state index is 0.202. The number of aliphatic hydroxyl groups excluding tert-OH is 1. The SMILES string of the molecule is Cc1ccc(C(=O)N2CCC(O)O2)cc1. The van der Waals surface area contributed by atoms with Crippen LogP contribution in [-0.2, 0) is 4.84 Å². The Morgan fingerprint density at radius 3 is 2.67 bits per heavy atom. The van der Waals surface area contributed by atoms with E-state index in [1.807, 2.05) is 19.1 Å². The summed E-state index contributed by atoms with van der Waals surface area (Å²) in [6, 6.07) is 7.26. The molecule has 1 aromatic carbocycles.